The number of rotatable bonds is 1. The van der Waals surface area contributed by atoms with Crippen LogP contribution in [0.1, 0.15) is 18.3 Å². The van der Waals surface area contributed by atoms with Crippen molar-refractivity contribution in [3.8, 4) is 0 Å². The molecule has 4 rings (SSSR count). The Morgan fingerprint density at radius 1 is 1.13 bits per heavy atom. The van der Waals surface area contributed by atoms with E-state index in [1.165, 1.54) is 0 Å². The fourth-order valence-corrected chi connectivity index (χ4v) is 2.95. The van der Waals surface area contributed by atoms with Crippen molar-refractivity contribution < 1.29 is 13.9 Å². The average Bonchev–Trinajstić information content (AvgIpc) is 3.02. The summed E-state index contributed by atoms with van der Waals surface area (Å²) in [5, 5.41) is 0. The highest BCUT2D eigenvalue weighted by Gasteiger charge is 2.52. The number of hydrogen-bond acceptors (Lipinski definition) is 3. The van der Waals surface area contributed by atoms with Gasteiger partial charge in [0.1, 0.15) is 18.0 Å². The molecule has 1 aromatic heterocycles. The van der Waals surface area contributed by atoms with E-state index in [2.05, 4.69) is 12.2 Å². The van der Waals surface area contributed by atoms with Gasteiger partial charge in [-0.3, -0.25) is 0 Å². The molecule has 0 radical (unpaired) electrons. The second kappa shape index (κ2) is 2.74. The summed E-state index contributed by atoms with van der Waals surface area (Å²) in [6.07, 6.45) is 7.84. The topological polar surface area (TPSA) is 31.6 Å². The fourth-order valence-electron chi connectivity index (χ4n) is 2.95. The molecule has 15 heavy (non-hydrogen) atoms. The third-order valence-corrected chi connectivity index (χ3v) is 3.64. The first-order chi connectivity index (χ1) is 7.42. The summed E-state index contributed by atoms with van der Waals surface area (Å²) < 4.78 is 17.1. The van der Waals surface area contributed by atoms with Gasteiger partial charge in [-0.1, -0.05) is 12.2 Å². The van der Waals surface area contributed by atoms with Crippen LogP contribution in [-0.4, -0.2) is 18.3 Å². The molecule has 2 bridgehead atoms. The molecule has 5 atom stereocenters. The zero-order chi connectivity index (χ0) is 9.83. The van der Waals surface area contributed by atoms with Crippen LogP contribution in [0.4, 0.5) is 0 Å². The highest BCUT2D eigenvalue weighted by atomic mass is 16.6. The molecule has 0 unspecified atom stereocenters. The van der Waals surface area contributed by atoms with Crippen LogP contribution in [0.5, 0.6) is 0 Å². The Morgan fingerprint density at radius 3 is 2.87 bits per heavy atom. The van der Waals surface area contributed by atoms with Gasteiger partial charge in [0.15, 0.2) is 0 Å². The second-order valence-electron chi connectivity index (χ2n) is 4.45. The largest absolute Gasteiger partial charge is 0.467 e. The van der Waals surface area contributed by atoms with Gasteiger partial charge in [0.25, 0.3) is 0 Å². The minimum absolute atomic E-state index is 0.129. The first-order valence-electron chi connectivity index (χ1n) is 5.44. The smallest absolute Gasteiger partial charge is 0.132 e. The van der Waals surface area contributed by atoms with E-state index in [-0.39, 0.29) is 24.4 Å². The van der Waals surface area contributed by atoms with E-state index in [0.29, 0.717) is 5.92 Å². The summed E-state index contributed by atoms with van der Waals surface area (Å²) in [5.74, 6) is 1.47. The van der Waals surface area contributed by atoms with Crippen molar-refractivity contribution in [2.24, 2.45) is 5.92 Å². The normalized spacial score (nSPS) is 46.3. The zero-order valence-electron chi connectivity index (χ0n) is 8.21. The lowest BCUT2D eigenvalue weighted by Crippen LogP contribution is -2.25. The molecule has 3 heteroatoms. The van der Waals surface area contributed by atoms with Crippen molar-refractivity contribution in [3.05, 3.63) is 36.3 Å². The lowest BCUT2D eigenvalue weighted by molar-refractivity contribution is -0.0165. The standard InChI is InChI=1S/C12H12O3/c1-2-9(13-5-1)11-6-7-8-3-4-10(14-8)12(7)15-11/h1-5,7-8,10-12H,6H2/t7-,8+,10-,11+,12-/m1/s1. The molecule has 3 aliphatic heterocycles. The highest BCUT2D eigenvalue weighted by Crippen LogP contribution is 2.48. The van der Waals surface area contributed by atoms with Crippen LogP contribution in [0.15, 0.2) is 35.0 Å². The van der Waals surface area contributed by atoms with E-state index >= 15 is 0 Å². The van der Waals surface area contributed by atoms with Crippen LogP contribution in [0, 0.1) is 5.92 Å². The summed E-state index contributed by atoms with van der Waals surface area (Å²) in [6, 6.07) is 3.90. The van der Waals surface area contributed by atoms with E-state index in [4.69, 9.17) is 13.9 Å². The lowest BCUT2D eigenvalue weighted by atomic mass is 9.89. The van der Waals surface area contributed by atoms with Crippen molar-refractivity contribution in [3.63, 3.8) is 0 Å². The fraction of sp³-hybridized carbons (Fsp3) is 0.500. The number of hydrogen-bond donors (Lipinski definition) is 0. The first kappa shape index (κ1) is 8.13. The molecule has 78 valence electrons. The van der Waals surface area contributed by atoms with Gasteiger partial charge < -0.3 is 13.9 Å². The summed E-state index contributed by atoms with van der Waals surface area (Å²) in [5.41, 5.74) is 0. The highest BCUT2D eigenvalue weighted by molar-refractivity contribution is 5.19. The van der Waals surface area contributed by atoms with Crippen molar-refractivity contribution >= 4 is 0 Å². The minimum Gasteiger partial charge on any atom is -0.467 e. The predicted molar refractivity (Wildman–Crippen MR) is 52.2 cm³/mol. The molecular weight excluding hydrogens is 192 g/mol. The summed E-state index contributed by atoms with van der Waals surface area (Å²) in [6.45, 7) is 0. The predicted octanol–water partition coefficient (Wildman–Crippen LogP) is 2.06. The van der Waals surface area contributed by atoms with Crippen molar-refractivity contribution in [2.75, 3.05) is 0 Å². The molecule has 4 heterocycles. The third kappa shape index (κ3) is 1.02. The van der Waals surface area contributed by atoms with Crippen LogP contribution in [0.3, 0.4) is 0 Å². The average molecular weight is 204 g/mol. The Morgan fingerprint density at radius 2 is 2.07 bits per heavy atom. The van der Waals surface area contributed by atoms with E-state index in [9.17, 15) is 0 Å². The van der Waals surface area contributed by atoms with Gasteiger partial charge in [-0.15, -0.1) is 0 Å². The molecule has 3 nitrogen and oxygen atoms in total. The van der Waals surface area contributed by atoms with E-state index < -0.39 is 0 Å². The lowest BCUT2D eigenvalue weighted by Gasteiger charge is -2.14. The zero-order valence-corrected chi connectivity index (χ0v) is 8.21. The Balaban J connectivity index is 1.61. The Labute approximate surface area is 87.7 Å². The van der Waals surface area contributed by atoms with Crippen LogP contribution < -0.4 is 0 Å². The first-order valence-corrected chi connectivity index (χ1v) is 5.44. The summed E-state index contributed by atoms with van der Waals surface area (Å²) in [7, 11) is 0. The third-order valence-electron chi connectivity index (χ3n) is 3.64. The van der Waals surface area contributed by atoms with Gasteiger partial charge in [-0.25, -0.2) is 0 Å². The molecule has 0 N–H and O–H groups in total. The molecular formula is C12H12O3. The van der Waals surface area contributed by atoms with Crippen molar-refractivity contribution in [2.45, 2.75) is 30.8 Å². The number of furan rings is 1. The molecule has 1 aromatic rings. The van der Waals surface area contributed by atoms with Gasteiger partial charge in [-0.2, -0.15) is 0 Å². The molecule has 2 fully saturated rings. The van der Waals surface area contributed by atoms with Crippen molar-refractivity contribution in [1.82, 2.24) is 0 Å². The maximum absolute atomic E-state index is 5.99. The van der Waals surface area contributed by atoms with Crippen molar-refractivity contribution in [1.29, 1.82) is 0 Å². The Hall–Kier alpha value is -1.06. The SMILES string of the molecule is C1=C[C@H]2O[C@@H]1[C@H]1C[C@@H](c3ccco3)O[C@H]12. The number of ether oxygens (including phenoxy) is 2. The molecule has 0 amide bonds. The quantitative estimate of drug-likeness (QED) is 0.656. The molecule has 0 aliphatic carbocycles. The van der Waals surface area contributed by atoms with Gasteiger partial charge in [0.2, 0.25) is 0 Å². The molecule has 2 saturated heterocycles. The van der Waals surface area contributed by atoms with E-state index in [1.54, 1.807) is 6.26 Å². The van der Waals surface area contributed by atoms with Crippen LogP contribution in [0.25, 0.3) is 0 Å². The Bertz CT molecular complexity index is 375. The molecule has 0 saturated carbocycles. The second-order valence-corrected chi connectivity index (χ2v) is 4.45. The maximum atomic E-state index is 5.99. The summed E-state index contributed by atoms with van der Waals surface area (Å²) >= 11 is 0. The number of fused-ring (bicyclic) bond motifs is 5. The molecule has 0 spiro atoms. The van der Waals surface area contributed by atoms with Gasteiger partial charge in [0.05, 0.1) is 18.5 Å². The van der Waals surface area contributed by atoms with Gasteiger partial charge in [0, 0.05) is 5.92 Å². The van der Waals surface area contributed by atoms with Gasteiger partial charge >= 0.3 is 0 Å². The van der Waals surface area contributed by atoms with Crippen LogP contribution in [0.2, 0.25) is 0 Å². The summed E-state index contributed by atoms with van der Waals surface area (Å²) in [4.78, 5) is 0. The maximum Gasteiger partial charge on any atom is 0.132 e. The Kier molecular flexibility index (Phi) is 1.49. The molecule has 3 aliphatic rings. The minimum atomic E-state index is 0.129. The van der Waals surface area contributed by atoms with Gasteiger partial charge in [-0.05, 0) is 18.6 Å². The van der Waals surface area contributed by atoms with Crippen LogP contribution >= 0.6 is 0 Å². The molecule has 0 aromatic carbocycles. The van der Waals surface area contributed by atoms with E-state index in [1.807, 2.05) is 12.1 Å². The van der Waals surface area contributed by atoms with Crippen LogP contribution in [-0.2, 0) is 9.47 Å². The van der Waals surface area contributed by atoms with E-state index in [0.717, 1.165) is 12.2 Å². The monoisotopic (exact) mass is 204 g/mol.